The molecular formula is C23H24N6O2. The quantitative estimate of drug-likeness (QED) is 0.553. The minimum Gasteiger partial charge on any atom is -0.379 e. The Morgan fingerprint density at radius 1 is 1.16 bits per heavy atom. The van der Waals surface area contributed by atoms with Gasteiger partial charge in [0.25, 0.3) is 5.91 Å². The van der Waals surface area contributed by atoms with Gasteiger partial charge in [0.2, 0.25) is 5.96 Å². The number of H-pyrrole nitrogens is 1. The number of nitrogens with one attached hydrogen (secondary N) is 3. The Kier molecular flexibility index (Phi) is 5.47. The summed E-state index contributed by atoms with van der Waals surface area (Å²) in [5.41, 5.74) is 4.15. The topological polar surface area (TPSA) is 94.6 Å². The fourth-order valence-electron chi connectivity index (χ4n) is 3.79. The fourth-order valence-corrected chi connectivity index (χ4v) is 3.79. The molecule has 1 fully saturated rings. The van der Waals surface area contributed by atoms with E-state index >= 15 is 0 Å². The van der Waals surface area contributed by atoms with E-state index in [-0.39, 0.29) is 5.91 Å². The van der Waals surface area contributed by atoms with Gasteiger partial charge in [0.1, 0.15) is 11.3 Å². The largest absolute Gasteiger partial charge is 0.379 e. The predicted molar refractivity (Wildman–Crippen MR) is 120 cm³/mol. The maximum absolute atomic E-state index is 12.4. The van der Waals surface area contributed by atoms with Crippen molar-refractivity contribution >= 4 is 29.0 Å². The van der Waals surface area contributed by atoms with Gasteiger partial charge in [0.05, 0.1) is 13.2 Å². The lowest BCUT2D eigenvalue weighted by molar-refractivity contribution is -0.115. The lowest BCUT2D eigenvalue weighted by Gasteiger charge is -2.26. The zero-order valence-electron chi connectivity index (χ0n) is 17.1. The van der Waals surface area contributed by atoms with E-state index in [2.05, 4.69) is 48.7 Å². The standard InChI is InChI=1S/C23H24N6O2/c30-22-20(27-23(28-22)24-6-7-29-8-10-31-11-9-29)13-18-15-26-21-19(18)12-17(14-25-21)16-4-2-1-3-5-16/h1-5,12-15H,6-11H2,(H,25,26)(H2,24,27,28,30)/b20-13-. The van der Waals surface area contributed by atoms with Crippen LogP contribution in [0.5, 0.6) is 0 Å². The molecule has 2 aliphatic heterocycles. The van der Waals surface area contributed by atoms with Crippen LogP contribution in [0.15, 0.2) is 59.5 Å². The predicted octanol–water partition coefficient (Wildman–Crippen LogP) is 1.98. The summed E-state index contributed by atoms with van der Waals surface area (Å²) in [4.78, 5) is 26.9. The number of guanidine groups is 1. The van der Waals surface area contributed by atoms with E-state index in [9.17, 15) is 4.79 Å². The van der Waals surface area contributed by atoms with Crippen molar-refractivity contribution in [3.8, 4) is 11.1 Å². The van der Waals surface area contributed by atoms with Gasteiger partial charge in [0.15, 0.2) is 0 Å². The number of nitrogens with zero attached hydrogens (tertiary/aromatic N) is 3. The molecule has 4 heterocycles. The first-order valence-corrected chi connectivity index (χ1v) is 10.4. The molecule has 5 rings (SSSR count). The summed E-state index contributed by atoms with van der Waals surface area (Å²) in [6.07, 6.45) is 5.50. The number of aromatic nitrogens is 2. The fraction of sp³-hybridized carbons (Fsp3) is 0.261. The first kappa shape index (κ1) is 19.5. The number of hydrogen-bond donors (Lipinski definition) is 3. The minimum atomic E-state index is -0.213. The number of ether oxygens (including phenoxy) is 1. The van der Waals surface area contributed by atoms with Gasteiger partial charge in [-0.3, -0.25) is 15.0 Å². The zero-order chi connectivity index (χ0) is 21.0. The molecule has 0 bridgehead atoms. The minimum absolute atomic E-state index is 0.213. The monoisotopic (exact) mass is 416 g/mol. The van der Waals surface area contributed by atoms with Crippen molar-refractivity contribution in [1.82, 2.24) is 25.5 Å². The van der Waals surface area contributed by atoms with E-state index in [1.165, 1.54) is 0 Å². The Balaban J connectivity index is 1.32. The van der Waals surface area contributed by atoms with Crippen LogP contribution in [-0.2, 0) is 9.53 Å². The highest BCUT2D eigenvalue weighted by atomic mass is 16.5. The zero-order valence-corrected chi connectivity index (χ0v) is 17.1. The summed E-state index contributed by atoms with van der Waals surface area (Å²) in [5, 5.41) is 6.96. The molecule has 31 heavy (non-hydrogen) atoms. The number of hydrogen-bond acceptors (Lipinski definition) is 6. The van der Waals surface area contributed by atoms with Gasteiger partial charge in [-0.1, -0.05) is 30.3 Å². The van der Waals surface area contributed by atoms with Crippen molar-refractivity contribution in [3.05, 3.63) is 60.1 Å². The molecule has 0 unspecified atom stereocenters. The molecule has 3 N–H and O–H groups in total. The van der Waals surface area contributed by atoms with Crippen molar-refractivity contribution in [2.75, 3.05) is 39.4 Å². The van der Waals surface area contributed by atoms with Crippen molar-refractivity contribution in [2.45, 2.75) is 0 Å². The molecular weight excluding hydrogens is 392 g/mol. The van der Waals surface area contributed by atoms with Gasteiger partial charge in [-0.05, 0) is 17.7 Å². The van der Waals surface area contributed by atoms with Crippen LogP contribution in [0.2, 0.25) is 0 Å². The smallest absolute Gasteiger partial charge is 0.276 e. The Labute approximate surface area is 180 Å². The molecule has 0 spiro atoms. The van der Waals surface area contributed by atoms with Crippen LogP contribution in [0.3, 0.4) is 0 Å². The van der Waals surface area contributed by atoms with Crippen molar-refractivity contribution < 1.29 is 9.53 Å². The van der Waals surface area contributed by atoms with Gasteiger partial charge in [0, 0.05) is 55.1 Å². The maximum atomic E-state index is 12.4. The summed E-state index contributed by atoms with van der Waals surface area (Å²) in [5.74, 6) is 0.280. The second-order valence-corrected chi connectivity index (χ2v) is 7.56. The maximum Gasteiger partial charge on any atom is 0.276 e. The van der Waals surface area contributed by atoms with Crippen LogP contribution in [0.1, 0.15) is 5.56 Å². The van der Waals surface area contributed by atoms with E-state index in [4.69, 9.17) is 4.74 Å². The molecule has 158 valence electrons. The molecule has 2 aliphatic rings. The summed E-state index contributed by atoms with van der Waals surface area (Å²) in [7, 11) is 0. The second kappa shape index (κ2) is 8.71. The SMILES string of the molecule is O=C1NC(NCCN2CCOCC2)=N/C1=C\c1c[nH]c2ncc(-c3ccccc3)cc12. The van der Waals surface area contributed by atoms with Gasteiger partial charge in [-0.15, -0.1) is 0 Å². The van der Waals surface area contributed by atoms with Crippen LogP contribution in [-0.4, -0.2) is 66.1 Å². The number of pyridine rings is 1. The van der Waals surface area contributed by atoms with Crippen LogP contribution >= 0.6 is 0 Å². The lowest BCUT2D eigenvalue weighted by Crippen LogP contribution is -2.43. The second-order valence-electron chi connectivity index (χ2n) is 7.56. The van der Waals surface area contributed by atoms with Gasteiger partial charge in [-0.2, -0.15) is 0 Å². The average molecular weight is 416 g/mol. The molecule has 1 amide bonds. The summed E-state index contributed by atoms with van der Waals surface area (Å²) < 4.78 is 5.36. The Hall–Kier alpha value is -3.49. The molecule has 0 saturated carbocycles. The number of fused-ring (bicyclic) bond motifs is 1. The van der Waals surface area contributed by atoms with E-state index in [1.54, 1.807) is 6.08 Å². The van der Waals surface area contributed by atoms with E-state index < -0.39 is 0 Å². The third kappa shape index (κ3) is 4.35. The Bertz CT molecular complexity index is 1150. The molecule has 0 aliphatic carbocycles. The van der Waals surface area contributed by atoms with Crippen molar-refractivity contribution in [2.24, 2.45) is 4.99 Å². The van der Waals surface area contributed by atoms with Crippen LogP contribution in [0, 0.1) is 0 Å². The molecule has 1 saturated heterocycles. The Morgan fingerprint density at radius 3 is 2.84 bits per heavy atom. The number of benzene rings is 1. The Morgan fingerprint density at radius 2 is 2.00 bits per heavy atom. The first-order chi connectivity index (χ1) is 15.3. The lowest BCUT2D eigenvalue weighted by atomic mass is 10.1. The molecule has 2 aromatic heterocycles. The van der Waals surface area contributed by atoms with Gasteiger partial charge in [-0.25, -0.2) is 9.98 Å². The number of carbonyl (C=O) groups is 1. The van der Waals surface area contributed by atoms with Crippen molar-refractivity contribution in [3.63, 3.8) is 0 Å². The third-order valence-corrected chi connectivity index (χ3v) is 5.48. The number of amides is 1. The molecule has 3 aromatic rings. The van der Waals surface area contributed by atoms with E-state index in [0.717, 1.165) is 60.6 Å². The average Bonchev–Trinajstić information content (AvgIpc) is 3.38. The number of aromatic amines is 1. The third-order valence-electron chi connectivity index (χ3n) is 5.48. The van der Waals surface area contributed by atoms with Crippen LogP contribution < -0.4 is 10.6 Å². The highest BCUT2D eigenvalue weighted by Gasteiger charge is 2.21. The number of morpholine rings is 1. The van der Waals surface area contributed by atoms with E-state index in [0.29, 0.717) is 18.2 Å². The van der Waals surface area contributed by atoms with Gasteiger partial charge < -0.3 is 15.0 Å². The number of aliphatic imine (C=N–C) groups is 1. The number of carbonyl (C=O) groups excluding carboxylic acids is 1. The van der Waals surface area contributed by atoms with Gasteiger partial charge >= 0.3 is 0 Å². The summed E-state index contributed by atoms with van der Waals surface area (Å²) >= 11 is 0. The van der Waals surface area contributed by atoms with E-state index in [1.807, 2.05) is 30.6 Å². The first-order valence-electron chi connectivity index (χ1n) is 10.4. The van der Waals surface area contributed by atoms with Crippen LogP contribution in [0.25, 0.3) is 28.2 Å². The molecule has 0 atom stereocenters. The van der Waals surface area contributed by atoms with Crippen LogP contribution in [0.4, 0.5) is 0 Å². The highest BCUT2D eigenvalue weighted by molar-refractivity contribution is 6.14. The summed E-state index contributed by atoms with van der Waals surface area (Å²) in [6, 6.07) is 12.2. The van der Waals surface area contributed by atoms with Crippen molar-refractivity contribution in [1.29, 1.82) is 0 Å². The number of rotatable bonds is 5. The summed E-state index contributed by atoms with van der Waals surface area (Å²) in [6.45, 7) is 5.01. The molecule has 1 aromatic carbocycles. The normalized spacial score (nSPS) is 18.4. The molecule has 8 nitrogen and oxygen atoms in total. The highest BCUT2D eigenvalue weighted by Crippen LogP contribution is 2.26. The molecule has 8 heteroatoms. The molecule has 0 radical (unpaired) electrons.